The summed E-state index contributed by atoms with van der Waals surface area (Å²) in [5, 5.41) is 20.0. The fourth-order valence-corrected chi connectivity index (χ4v) is 2.86. The number of nitro groups is 1. The summed E-state index contributed by atoms with van der Waals surface area (Å²) in [4.78, 5) is 14.5. The molecule has 24 heavy (non-hydrogen) atoms. The van der Waals surface area contributed by atoms with Gasteiger partial charge in [-0.05, 0) is 6.07 Å². The van der Waals surface area contributed by atoms with E-state index < -0.39 is 4.92 Å². The highest BCUT2D eigenvalue weighted by Crippen LogP contribution is 2.38. The van der Waals surface area contributed by atoms with E-state index in [1.807, 2.05) is 30.3 Å². The first kappa shape index (κ1) is 16.0. The van der Waals surface area contributed by atoms with E-state index in [-0.39, 0.29) is 10.7 Å². The van der Waals surface area contributed by atoms with Gasteiger partial charge >= 0.3 is 0 Å². The highest BCUT2D eigenvalue weighted by atomic mass is 35.5. The Hall–Kier alpha value is -2.84. The molecule has 0 aliphatic rings. The number of nitrogens with zero attached hydrogens (tertiary/aromatic N) is 4. The molecular formula is C15H10ClN5O2S. The lowest BCUT2D eigenvalue weighted by Crippen LogP contribution is -1.86. The number of non-ortho nitro benzene ring substituents is 1. The number of aromatic nitrogens is 1. The molecule has 2 aromatic carbocycles. The number of azo groups is 1. The molecule has 1 heterocycles. The van der Waals surface area contributed by atoms with Crippen molar-refractivity contribution in [3.8, 4) is 11.3 Å². The molecule has 0 aliphatic carbocycles. The molecule has 0 radical (unpaired) electrons. The van der Waals surface area contributed by atoms with Gasteiger partial charge in [-0.1, -0.05) is 53.3 Å². The number of benzene rings is 2. The van der Waals surface area contributed by atoms with E-state index in [1.165, 1.54) is 29.5 Å². The summed E-state index contributed by atoms with van der Waals surface area (Å²) in [6, 6.07) is 13.5. The predicted molar refractivity (Wildman–Crippen MR) is 94.2 cm³/mol. The summed E-state index contributed by atoms with van der Waals surface area (Å²) in [5.41, 5.74) is 7.49. The smallest absolute Gasteiger partial charge is 0.271 e. The molecular weight excluding hydrogens is 350 g/mol. The molecule has 0 amide bonds. The summed E-state index contributed by atoms with van der Waals surface area (Å²) < 4.78 is 0. The molecule has 0 bridgehead atoms. The maximum absolute atomic E-state index is 10.7. The van der Waals surface area contributed by atoms with Crippen molar-refractivity contribution in [2.24, 2.45) is 10.2 Å². The van der Waals surface area contributed by atoms with Crippen molar-refractivity contribution in [2.75, 3.05) is 5.73 Å². The maximum atomic E-state index is 10.7. The first-order valence-electron chi connectivity index (χ1n) is 6.72. The van der Waals surface area contributed by atoms with Crippen molar-refractivity contribution in [2.45, 2.75) is 0 Å². The van der Waals surface area contributed by atoms with E-state index in [0.29, 0.717) is 21.5 Å². The fraction of sp³-hybridized carbons (Fsp3) is 0. The Kier molecular flexibility index (Phi) is 4.50. The Morgan fingerprint density at radius 3 is 2.58 bits per heavy atom. The molecule has 120 valence electrons. The molecule has 0 spiro atoms. The van der Waals surface area contributed by atoms with Gasteiger partial charge in [0, 0.05) is 17.7 Å². The monoisotopic (exact) mass is 359 g/mol. The van der Waals surface area contributed by atoms with Crippen LogP contribution in [0.5, 0.6) is 0 Å². The molecule has 7 nitrogen and oxygen atoms in total. The maximum Gasteiger partial charge on any atom is 0.271 e. The SMILES string of the molecule is Nc1nc(-c2ccccc2)c(N=Nc2ccc([N+](=O)[O-])cc2Cl)s1. The number of hydrogen-bond donors (Lipinski definition) is 1. The number of nitro benzene ring substituents is 1. The molecule has 0 fully saturated rings. The average molecular weight is 360 g/mol. The predicted octanol–water partition coefficient (Wildman–Crippen LogP) is 5.37. The molecule has 3 rings (SSSR count). The van der Waals surface area contributed by atoms with Crippen molar-refractivity contribution >= 4 is 44.4 Å². The summed E-state index contributed by atoms with van der Waals surface area (Å²) in [5.74, 6) is 0. The molecule has 3 aromatic rings. The number of rotatable bonds is 4. The fourth-order valence-electron chi connectivity index (χ4n) is 1.97. The van der Waals surface area contributed by atoms with Crippen LogP contribution in [-0.4, -0.2) is 9.91 Å². The lowest BCUT2D eigenvalue weighted by atomic mass is 10.2. The Morgan fingerprint density at radius 2 is 1.92 bits per heavy atom. The third-order valence-corrected chi connectivity index (χ3v) is 4.14. The topological polar surface area (TPSA) is 107 Å². The lowest BCUT2D eigenvalue weighted by molar-refractivity contribution is -0.384. The van der Waals surface area contributed by atoms with Crippen LogP contribution in [0.15, 0.2) is 58.8 Å². The third kappa shape index (κ3) is 3.39. The average Bonchev–Trinajstić information content (AvgIpc) is 2.95. The van der Waals surface area contributed by atoms with Gasteiger partial charge in [-0.3, -0.25) is 10.1 Å². The van der Waals surface area contributed by atoms with E-state index >= 15 is 0 Å². The van der Waals surface area contributed by atoms with E-state index in [0.717, 1.165) is 5.56 Å². The minimum atomic E-state index is -0.524. The van der Waals surface area contributed by atoms with Crippen LogP contribution < -0.4 is 5.73 Å². The molecule has 0 atom stereocenters. The second-order valence-electron chi connectivity index (χ2n) is 4.66. The van der Waals surface area contributed by atoms with E-state index in [4.69, 9.17) is 17.3 Å². The van der Waals surface area contributed by atoms with Crippen LogP contribution >= 0.6 is 22.9 Å². The van der Waals surface area contributed by atoms with Crippen molar-refractivity contribution in [3.63, 3.8) is 0 Å². The molecule has 0 unspecified atom stereocenters. The largest absolute Gasteiger partial charge is 0.375 e. The minimum Gasteiger partial charge on any atom is -0.375 e. The quantitative estimate of drug-likeness (QED) is 0.383. The number of thiazole rings is 1. The second kappa shape index (κ2) is 6.73. The van der Waals surface area contributed by atoms with Crippen LogP contribution in [0.1, 0.15) is 0 Å². The van der Waals surface area contributed by atoms with Gasteiger partial charge in [0.25, 0.3) is 5.69 Å². The molecule has 0 aliphatic heterocycles. The van der Waals surface area contributed by atoms with Gasteiger partial charge in [0.2, 0.25) is 0 Å². The normalized spacial score (nSPS) is 11.0. The summed E-state index contributed by atoms with van der Waals surface area (Å²) in [7, 11) is 0. The van der Waals surface area contributed by atoms with Crippen LogP contribution in [0.3, 0.4) is 0 Å². The van der Waals surface area contributed by atoms with Crippen LogP contribution in [0.4, 0.5) is 21.5 Å². The third-order valence-electron chi connectivity index (χ3n) is 3.06. The minimum absolute atomic E-state index is 0.106. The van der Waals surface area contributed by atoms with Crippen molar-refractivity contribution in [3.05, 3.63) is 63.7 Å². The van der Waals surface area contributed by atoms with Crippen LogP contribution in [0.25, 0.3) is 11.3 Å². The molecule has 0 saturated carbocycles. The van der Waals surface area contributed by atoms with Gasteiger partial charge < -0.3 is 5.73 Å². The molecule has 0 saturated heterocycles. The van der Waals surface area contributed by atoms with Crippen molar-refractivity contribution in [1.29, 1.82) is 0 Å². The Balaban J connectivity index is 1.95. The van der Waals surface area contributed by atoms with Crippen molar-refractivity contribution in [1.82, 2.24) is 4.98 Å². The van der Waals surface area contributed by atoms with Gasteiger partial charge in [0.05, 0.1) is 9.95 Å². The van der Waals surface area contributed by atoms with Crippen LogP contribution in [-0.2, 0) is 0 Å². The highest BCUT2D eigenvalue weighted by Gasteiger charge is 2.12. The van der Waals surface area contributed by atoms with Crippen molar-refractivity contribution < 1.29 is 4.92 Å². The van der Waals surface area contributed by atoms with E-state index in [9.17, 15) is 10.1 Å². The van der Waals surface area contributed by atoms with Crippen LogP contribution in [0.2, 0.25) is 5.02 Å². The van der Waals surface area contributed by atoms with E-state index in [1.54, 1.807) is 0 Å². The summed E-state index contributed by atoms with van der Waals surface area (Å²) >= 11 is 7.20. The number of halogens is 1. The molecule has 2 N–H and O–H groups in total. The first-order chi connectivity index (χ1) is 11.5. The first-order valence-corrected chi connectivity index (χ1v) is 7.91. The lowest BCUT2D eigenvalue weighted by Gasteiger charge is -1.98. The zero-order chi connectivity index (χ0) is 17.1. The number of nitrogens with two attached hydrogens (primary N) is 1. The van der Waals surface area contributed by atoms with Gasteiger partial charge in [0.15, 0.2) is 10.1 Å². The Labute approximate surface area is 145 Å². The van der Waals surface area contributed by atoms with Gasteiger partial charge in [-0.15, -0.1) is 10.2 Å². The molecule has 9 heteroatoms. The number of nitrogen functional groups attached to an aromatic ring is 1. The number of anilines is 1. The summed E-state index contributed by atoms with van der Waals surface area (Å²) in [6.07, 6.45) is 0. The Morgan fingerprint density at radius 1 is 1.17 bits per heavy atom. The zero-order valence-corrected chi connectivity index (χ0v) is 13.7. The Bertz CT molecular complexity index is 927. The summed E-state index contributed by atoms with van der Waals surface area (Å²) in [6.45, 7) is 0. The van der Waals surface area contributed by atoms with Gasteiger partial charge in [0.1, 0.15) is 11.4 Å². The van der Waals surface area contributed by atoms with Crippen LogP contribution in [0, 0.1) is 10.1 Å². The zero-order valence-electron chi connectivity index (χ0n) is 12.1. The van der Waals surface area contributed by atoms with E-state index in [2.05, 4.69) is 15.2 Å². The molecule has 1 aromatic heterocycles. The second-order valence-corrected chi connectivity index (χ2v) is 6.08. The highest BCUT2D eigenvalue weighted by molar-refractivity contribution is 7.19. The van der Waals surface area contributed by atoms with Gasteiger partial charge in [-0.2, -0.15) is 0 Å². The standard InChI is InChI=1S/C15H10ClN5O2S/c16-11-8-10(21(22)23)6-7-12(11)19-20-14-13(18-15(17)24-14)9-4-2-1-3-5-9/h1-8H,(H2,17,18). The number of hydrogen-bond acceptors (Lipinski definition) is 7. The van der Waals surface area contributed by atoms with Gasteiger partial charge in [-0.25, -0.2) is 4.98 Å².